The Bertz CT molecular complexity index is 402. The summed E-state index contributed by atoms with van der Waals surface area (Å²) in [6.07, 6.45) is 2.96. The molecule has 3 heteroatoms. The number of rotatable bonds is 6. The molecule has 0 spiro atoms. The summed E-state index contributed by atoms with van der Waals surface area (Å²) in [6.45, 7) is 5.32. The lowest BCUT2D eigenvalue weighted by Gasteiger charge is -2.20. The van der Waals surface area contributed by atoms with Gasteiger partial charge in [0, 0.05) is 24.2 Å². The van der Waals surface area contributed by atoms with E-state index in [-0.39, 0.29) is 0 Å². The van der Waals surface area contributed by atoms with Crippen LogP contribution in [0.3, 0.4) is 0 Å². The fraction of sp³-hybridized carbons (Fsp3) is 0.625. The van der Waals surface area contributed by atoms with Crippen molar-refractivity contribution >= 4 is 11.8 Å². The van der Waals surface area contributed by atoms with E-state index in [1.807, 2.05) is 11.8 Å². The van der Waals surface area contributed by atoms with Crippen LogP contribution in [-0.2, 0) is 4.74 Å². The Labute approximate surface area is 121 Å². The average Bonchev–Trinajstić information content (AvgIpc) is 2.91. The normalized spacial score (nSPS) is 20.7. The van der Waals surface area contributed by atoms with E-state index >= 15 is 0 Å². The molecule has 1 aliphatic rings. The molecule has 2 rings (SSSR count). The molecule has 0 bridgehead atoms. The van der Waals surface area contributed by atoms with E-state index in [1.54, 1.807) is 0 Å². The van der Waals surface area contributed by atoms with E-state index < -0.39 is 0 Å². The van der Waals surface area contributed by atoms with Crippen molar-refractivity contribution in [3.63, 3.8) is 0 Å². The van der Waals surface area contributed by atoms with Crippen molar-refractivity contribution in [3.8, 4) is 0 Å². The van der Waals surface area contributed by atoms with Crippen LogP contribution < -0.4 is 5.32 Å². The largest absolute Gasteiger partial charge is 0.377 e. The number of nitrogens with one attached hydrogen (secondary N) is 1. The summed E-state index contributed by atoms with van der Waals surface area (Å²) in [5.41, 5.74) is 4.15. The Hall–Kier alpha value is -0.510. The van der Waals surface area contributed by atoms with Gasteiger partial charge in [0.2, 0.25) is 0 Å². The summed E-state index contributed by atoms with van der Waals surface area (Å²) in [5, 5.41) is 3.45. The SMILES string of the molecule is CNC(CSCC1CCCO1)c1cc(C)ccc1C. The van der Waals surface area contributed by atoms with Gasteiger partial charge in [-0.05, 0) is 44.9 Å². The molecule has 0 radical (unpaired) electrons. The van der Waals surface area contributed by atoms with Crippen LogP contribution in [0, 0.1) is 13.8 Å². The maximum atomic E-state index is 5.68. The molecular formula is C16H25NOS. The van der Waals surface area contributed by atoms with E-state index in [1.165, 1.54) is 29.5 Å². The Morgan fingerprint density at radius 1 is 1.42 bits per heavy atom. The molecule has 1 aromatic carbocycles. The lowest BCUT2D eigenvalue weighted by atomic mass is 10.0. The Morgan fingerprint density at radius 2 is 2.26 bits per heavy atom. The lowest BCUT2D eigenvalue weighted by molar-refractivity contribution is 0.129. The minimum atomic E-state index is 0.436. The molecule has 1 aliphatic heterocycles. The fourth-order valence-electron chi connectivity index (χ4n) is 2.56. The topological polar surface area (TPSA) is 21.3 Å². The molecule has 1 aromatic rings. The molecule has 0 aliphatic carbocycles. The minimum Gasteiger partial charge on any atom is -0.377 e. The first kappa shape index (κ1) is 14.9. The van der Waals surface area contributed by atoms with E-state index in [0.29, 0.717) is 12.1 Å². The molecule has 1 heterocycles. The van der Waals surface area contributed by atoms with Crippen LogP contribution in [0.2, 0.25) is 0 Å². The van der Waals surface area contributed by atoms with E-state index in [9.17, 15) is 0 Å². The number of ether oxygens (including phenoxy) is 1. The zero-order chi connectivity index (χ0) is 13.7. The van der Waals surface area contributed by atoms with Gasteiger partial charge in [-0.15, -0.1) is 0 Å². The first-order valence-electron chi connectivity index (χ1n) is 7.14. The first-order chi connectivity index (χ1) is 9.20. The van der Waals surface area contributed by atoms with E-state index in [2.05, 4.69) is 44.4 Å². The van der Waals surface area contributed by atoms with Crippen LogP contribution >= 0.6 is 11.8 Å². The number of benzene rings is 1. The van der Waals surface area contributed by atoms with Gasteiger partial charge in [0.05, 0.1) is 6.10 Å². The molecule has 106 valence electrons. The standard InChI is InChI=1S/C16H25NOS/c1-12-6-7-13(2)15(9-12)16(17-3)11-19-10-14-5-4-8-18-14/h6-7,9,14,16-17H,4-5,8,10-11H2,1-3H3. The molecule has 0 aromatic heterocycles. The van der Waals surface area contributed by atoms with Gasteiger partial charge in [-0.1, -0.05) is 23.8 Å². The second-order valence-electron chi connectivity index (χ2n) is 5.37. The molecule has 1 saturated heterocycles. The van der Waals surface area contributed by atoms with E-state index in [0.717, 1.165) is 18.1 Å². The zero-order valence-corrected chi connectivity index (χ0v) is 13.1. The molecule has 1 fully saturated rings. The summed E-state index contributed by atoms with van der Waals surface area (Å²) >= 11 is 2.01. The second kappa shape index (κ2) is 7.32. The Balaban J connectivity index is 1.89. The predicted octanol–water partition coefficient (Wildman–Crippen LogP) is 3.48. The molecule has 0 saturated carbocycles. The molecule has 2 atom stereocenters. The van der Waals surface area contributed by atoms with Crippen LogP contribution in [0.5, 0.6) is 0 Å². The smallest absolute Gasteiger partial charge is 0.0666 e. The number of aryl methyl sites for hydroxylation is 2. The fourth-order valence-corrected chi connectivity index (χ4v) is 3.80. The summed E-state index contributed by atoms with van der Waals surface area (Å²) in [5.74, 6) is 2.24. The lowest BCUT2D eigenvalue weighted by Crippen LogP contribution is -2.21. The van der Waals surface area contributed by atoms with Gasteiger partial charge in [-0.25, -0.2) is 0 Å². The molecule has 2 unspecified atom stereocenters. The highest BCUT2D eigenvalue weighted by molar-refractivity contribution is 7.99. The third kappa shape index (κ3) is 4.23. The quantitative estimate of drug-likeness (QED) is 0.861. The van der Waals surface area contributed by atoms with Crippen LogP contribution in [-0.4, -0.2) is 31.3 Å². The van der Waals surface area contributed by atoms with Gasteiger partial charge in [-0.2, -0.15) is 11.8 Å². The van der Waals surface area contributed by atoms with E-state index in [4.69, 9.17) is 4.74 Å². The van der Waals surface area contributed by atoms with Crippen molar-refractivity contribution in [3.05, 3.63) is 34.9 Å². The molecule has 0 amide bonds. The van der Waals surface area contributed by atoms with Crippen LogP contribution in [0.4, 0.5) is 0 Å². The highest BCUT2D eigenvalue weighted by atomic mass is 32.2. The predicted molar refractivity (Wildman–Crippen MR) is 84.0 cm³/mol. The molecule has 19 heavy (non-hydrogen) atoms. The summed E-state index contributed by atoms with van der Waals surface area (Å²) in [6, 6.07) is 7.15. The second-order valence-corrected chi connectivity index (χ2v) is 6.45. The van der Waals surface area contributed by atoms with Gasteiger partial charge in [-0.3, -0.25) is 0 Å². The van der Waals surface area contributed by atoms with Crippen molar-refractivity contribution < 1.29 is 4.74 Å². The zero-order valence-electron chi connectivity index (χ0n) is 12.2. The number of thioether (sulfide) groups is 1. The van der Waals surface area contributed by atoms with Crippen molar-refractivity contribution in [2.75, 3.05) is 25.2 Å². The van der Waals surface area contributed by atoms with Gasteiger partial charge in [0.1, 0.15) is 0 Å². The summed E-state index contributed by atoms with van der Waals surface area (Å²) in [7, 11) is 2.05. The van der Waals surface area contributed by atoms with Gasteiger partial charge >= 0.3 is 0 Å². The van der Waals surface area contributed by atoms with Crippen LogP contribution in [0.25, 0.3) is 0 Å². The third-order valence-corrected chi connectivity index (χ3v) is 4.95. The minimum absolute atomic E-state index is 0.436. The number of hydrogen-bond donors (Lipinski definition) is 1. The van der Waals surface area contributed by atoms with Crippen molar-refractivity contribution in [2.24, 2.45) is 0 Å². The maximum absolute atomic E-state index is 5.68. The molecule has 1 N–H and O–H groups in total. The highest BCUT2D eigenvalue weighted by Gasteiger charge is 2.17. The monoisotopic (exact) mass is 279 g/mol. The van der Waals surface area contributed by atoms with Gasteiger partial charge < -0.3 is 10.1 Å². The summed E-state index contributed by atoms with van der Waals surface area (Å²) in [4.78, 5) is 0. The van der Waals surface area contributed by atoms with Crippen molar-refractivity contribution in [1.82, 2.24) is 5.32 Å². The Kier molecular flexibility index (Phi) is 5.74. The Morgan fingerprint density at radius 3 is 2.95 bits per heavy atom. The average molecular weight is 279 g/mol. The van der Waals surface area contributed by atoms with Crippen LogP contribution in [0.15, 0.2) is 18.2 Å². The van der Waals surface area contributed by atoms with Gasteiger partial charge in [0.25, 0.3) is 0 Å². The summed E-state index contributed by atoms with van der Waals surface area (Å²) < 4.78 is 5.68. The number of hydrogen-bond acceptors (Lipinski definition) is 3. The molecular weight excluding hydrogens is 254 g/mol. The first-order valence-corrected chi connectivity index (χ1v) is 8.30. The van der Waals surface area contributed by atoms with Gasteiger partial charge in [0.15, 0.2) is 0 Å². The van der Waals surface area contributed by atoms with Crippen LogP contribution in [0.1, 0.15) is 35.6 Å². The van der Waals surface area contributed by atoms with Crippen molar-refractivity contribution in [2.45, 2.75) is 38.8 Å². The highest BCUT2D eigenvalue weighted by Crippen LogP contribution is 2.25. The van der Waals surface area contributed by atoms with Crippen molar-refractivity contribution in [1.29, 1.82) is 0 Å². The maximum Gasteiger partial charge on any atom is 0.0666 e. The molecule has 2 nitrogen and oxygen atoms in total. The third-order valence-electron chi connectivity index (χ3n) is 3.77.